The number of benzene rings is 1. The van der Waals surface area contributed by atoms with Crippen LogP contribution in [-0.2, 0) is 0 Å². The van der Waals surface area contributed by atoms with Gasteiger partial charge in [-0.2, -0.15) is 5.26 Å². The molecule has 0 unspecified atom stereocenters. The Morgan fingerprint density at radius 3 is 2.74 bits per heavy atom. The average Bonchev–Trinajstić information content (AvgIpc) is 2.40. The predicted octanol–water partition coefficient (Wildman–Crippen LogP) is 2.84. The minimum Gasteiger partial charge on any atom is -0.383 e. The number of likely N-dealkylation sites (tertiary alicyclic amines) is 1. The molecule has 1 fully saturated rings. The molecule has 0 spiro atoms. The first kappa shape index (κ1) is 13.8. The van der Waals surface area contributed by atoms with Crippen molar-refractivity contribution in [2.24, 2.45) is 5.41 Å². The molecule has 0 bridgehead atoms. The number of hydrogen-bond donors (Lipinski definition) is 1. The number of nitrogens with zero attached hydrogens (tertiary/aromatic N) is 2. The third kappa shape index (κ3) is 3.24. The number of anilines is 1. The topological polar surface area (TPSA) is 39.1 Å². The van der Waals surface area contributed by atoms with E-state index in [-0.39, 0.29) is 11.0 Å². The molecule has 0 saturated carbocycles. The van der Waals surface area contributed by atoms with Gasteiger partial charge in [0.15, 0.2) is 0 Å². The zero-order valence-electron chi connectivity index (χ0n) is 11.5. The summed E-state index contributed by atoms with van der Waals surface area (Å²) >= 11 is 0. The number of nitrogens with one attached hydrogen (secondary N) is 1. The van der Waals surface area contributed by atoms with Crippen LogP contribution in [0.15, 0.2) is 18.2 Å². The van der Waals surface area contributed by atoms with E-state index in [2.05, 4.69) is 24.2 Å². The first-order valence-electron chi connectivity index (χ1n) is 6.65. The van der Waals surface area contributed by atoms with Gasteiger partial charge in [0.1, 0.15) is 17.4 Å². The summed E-state index contributed by atoms with van der Waals surface area (Å²) in [6.07, 6.45) is 2.24. The number of hydrogen-bond acceptors (Lipinski definition) is 3. The summed E-state index contributed by atoms with van der Waals surface area (Å²) in [5.74, 6) is -0.457. The summed E-state index contributed by atoms with van der Waals surface area (Å²) in [4.78, 5) is 2.32. The van der Waals surface area contributed by atoms with Crippen LogP contribution in [0.4, 0.5) is 10.1 Å². The van der Waals surface area contributed by atoms with Crippen molar-refractivity contribution in [2.75, 3.05) is 32.0 Å². The van der Waals surface area contributed by atoms with E-state index in [1.807, 2.05) is 6.07 Å². The summed E-state index contributed by atoms with van der Waals surface area (Å²) in [6, 6.07) is 6.64. The van der Waals surface area contributed by atoms with Crippen molar-refractivity contribution in [3.63, 3.8) is 0 Å². The van der Waals surface area contributed by atoms with Gasteiger partial charge >= 0.3 is 0 Å². The maximum Gasteiger partial charge on any atom is 0.143 e. The lowest BCUT2D eigenvalue weighted by atomic mass is 9.80. The summed E-state index contributed by atoms with van der Waals surface area (Å²) in [7, 11) is 2.13. The van der Waals surface area contributed by atoms with Crippen molar-refractivity contribution in [1.82, 2.24) is 4.90 Å². The molecule has 0 amide bonds. The minimum absolute atomic E-state index is 0.110. The molecule has 4 heteroatoms. The molecule has 1 N–H and O–H groups in total. The van der Waals surface area contributed by atoms with E-state index in [1.54, 1.807) is 12.1 Å². The Morgan fingerprint density at radius 1 is 1.42 bits per heavy atom. The highest BCUT2D eigenvalue weighted by Crippen LogP contribution is 2.31. The lowest BCUT2D eigenvalue weighted by Gasteiger charge is -2.38. The van der Waals surface area contributed by atoms with Crippen LogP contribution in [0, 0.1) is 22.6 Å². The molecule has 19 heavy (non-hydrogen) atoms. The highest BCUT2D eigenvalue weighted by Gasteiger charge is 2.28. The van der Waals surface area contributed by atoms with Gasteiger partial charge in [-0.1, -0.05) is 13.0 Å². The highest BCUT2D eigenvalue weighted by atomic mass is 19.1. The lowest BCUT2D eigenvalue weighted by Crippen LogP contribution is -2.40. The molecule has 2 rings (SSSR count). The second kappa shape index (κ2) is 5.58. The minimum atomic E-state index is -0.457. The maximum atomic E-state index is 13.5. The first-order chi connectivity index (χ1) is 9.04. The molecule has 1 saturated heterocycles. The molecule has 1 aromatic rings. The molecule has 0 aromatic heterocycles. The van der Waals surface area contributed by atoms with Crippen molar-refractivity contribution in [3.8, 4) is 6.07 Å². The summed E-state index contributed by atoms with van der Waals surface area (Å²) in [5.41, 5.74) is 0.924. The first-order valence-corrected chi connectivity index (χ1v) is 6.65. The van der Waals surface area contributed by atoms with Crippen molar-refractivity contribution in [3.05, 3.63) is 29.6 Å². The normalized spacial score (nSPS) is 18.8. The van der Waals surface area contributed by atoms with Gasteiger partial charge < -0.3 is 10.2 Å². The largest absolute Gasteiger partial charge is 0.383 e. The quantitative estimate of drug-likeness (QED) is 0.909. The van der Waals surface area contributed by atoms with Crippen LogP contribution >= 0.6 is 0 Å². The molecule has 1 aliphatic heterocycles. The fourth-order valence-electron chi connectivity index (χ4n) is 2.43. The van der Waals surface area contributed by atoms with Crippen LogP contribution in [0.1, 0.15) is 25.3 Å². The number of halogens is 1. The van der Waals surface area contributed by atoms with Gasteiger partial charge in [-0.15, -0.1) is 0 Å². The molecule has 102 valence electrons. The van der Waals surface area contributed by atoms with E-state index in [0.29, 0.717) is 5.69 Å². The Labute approximate surface area is 114 Å². The fraction of sp³-hybridized carbons (Fsp3) is 0.533. The highest BCUT2D eigenvalue weighted by molar-refractivity contribution is 5.57. The molecule has 1 heterocycles. The number of nitriles is 1. The molecule has 3 nitrogen and oxygen atoms in total. The van der Waals surface area contributed by atoms with Gasteiger partial charge in [0.25, 0.3) is 0 Å². The second-order valence-corrected chi connectivity index (χ2v) is 5.74. The summed E-state index contributed by atoms with van der Waals surface area (Å²) < 4.78 is 13.5. The Morgan fingerprint density at radius 2 is 2.11 bits per heavy atom. The molecule has 0 radical (unpaired) electrons. The van der Waals surface area contributed by atoms with E-state index >= 15 is 0 Å². The second-order valence-electron chi connectivity index (χ2n) is 5.74. The van der Waals surface area contributed by atoms with Crippen molar-refractivity contribution in [1.29, 1.82) is 5.26 Å². The van der Waals surface area contributed by atoms with Crippen molar-refractivity contribution < 1.29 is 4.39 Å². The number of rotatable bonds is 3. The third-order valence-electron chi connectivity index (χ3n) is 4.03. The molecule has 1 aliphatic rings. The van der Waals surface area contributed by atoms with Crippen LogP contribution in [0.5, 0.6) is 0 Å². The van der Waals surface area contributed by atoms with Crippen LogP contribution in [0.3, 0.4) is 0 Å². The monoisotopic (exact) mass is 261 g/mol. The van der Waals surface area contributed by atoms with Crippen LogP contribution in [0.25, 0.3) is 0 Å². The van der Waals surface area contributed by atoms with Gasteiger partial charge in [-0.25, -0.2) is 4.39 Å². The van der Waals surface area contributed by atoms with Crippen molar-refractivity contribution in [2.45, 2.75) is 19.8 Å². The average molecular weight is 261 g/mol. The Hall–Kier alpha value is -1.60. The smallest absolute Gasteiger partial charge is 0.143 e. The van der Waals surface area contributed by atoms with Crippen molar-refractivity contribution >= 4 is 5.69 Å². The molecule has 0 aliphatic carbocycles. The van der Waals surface area contributed by atoms with E-state index in [1.165, 1.54) is 6.07 Å². The molecule has 1 aromatic carbocycles. The van der Waals surface area contributed by atoms with Gasteiger partial charge in [-0.05, 0) is 50.5 Å². The Balaban J connectivity index is 2.03. The third-order valence-corrected chi connectivity index (χ3v) is 4.03. The zero-order valence-corrected chi connectivity index (χ0v) is 11.5. The van der Waals surface area contributed by atoms with E-state index in [4.69, 9.17) is 5.26 Å². The van der Waals surface area contributed by atoms with E-state index < -0.39 is 5.82 Å². The van der Waals surface area contributed by atoms with Crippen LogP contribution in [0.2, 0.25) is 0 Å². The zero-order chi connectivity index (χ0) is 13.9. The maximum absolute atomic E-state index is 13.5. The molecular formula is C15H20FN3. The fourth-order valence-corrected chi connectivity index (χ4v) is 2.43. The Kier molecular flexibility index (Phi) is 4.06. The van der Waals surface area contributed by atoms with Gasteiger partial charge in [0.2, 0.25) is 0 Å². The summed E-state index contributed by atoms with van der Waals surface area (Å²) in [6.45, 7) is 5.20. The predicted molar refractivity (Wildman–Crippen MR) is 74.4 cm³/mol. The van der Waals surface area contributed by atoms with Crippen LogP contribution < -0.4 is 5.32 Å². The van der Waals surface area contributed by atoms with Gasteiger partial charge in [-0.3, -0.25) is 0 Å². The number of piperidine rings is 1. The Bertz CT molecular complexity index is 485. The van der Waals surface area contributed by atoms with Gasteiger partial charge in [0, 0.05) is 6.54 Å². The lowest BCUT2D eigenvalue weighted by molar-refractivity contribution is 0.150. The van der Waals surface area contributed by atoms with Gasteiger partial charge in [0.05, 0.1) is 5.69 Å². The summed E-state index contributed by atoms with van der Waals surface area (Å²) in [5, 5.41) is 12.2. The molecular weight excluding hydrogens is 241 g/mol. The standard InChI is InChI=1S/C15H20FN3/c1-15(6-8-19(2)9-7-15)11-18-14-5-3-4-13(16)12(14)10-17/h3-5,18H,6-9,11H2,1-2H3. The molecule has 0 atom stereocenters. The van der Waals surface area contributed by atoms with E-state index in [0.717, 1.165) is 32.5 Å². The van der Waals surface area contributed by atoms with E-state index in [9.17, 15) is 4.39 Å². The SMILES string of the molecule is CN1CCC(C)(CNc2cccc(F)c2C#N)CC1. The van der Waals surface area contributed by atoms with Crippen LogP contribution in [-0.4, -0.2) is 31.6 Å².